The third-order valence-corrected chi connectivity index (χ3v) is 3.80. The SMILES string of the molecule is CCOc1ccccc1C(=O)Nc1cnn(Cc2cccc(OC)c2)c1. The smallest absolute Gasteiger partial charge is 0.259 e. The third kappa shape index (κ3) is 4.22. The summed E-state index contributed by atoms with van der Waals surface area (Å²) in [6.45, 7) is 2.97. The number of anilines is 1. The molecule has 1 aromatic heterocycles. The Morgan fingerprint density at radius 1 is 1.19 bits per heavy atom. The number of methoxy groups -OCH3 is 1. The molecule has 1 amide bonds. The molecule has 0 saturated heterocycles. The van der Waals surface area contributed by atoms with Crippen LogP contribution in [-0.2, 0) is 6.54 Å². The van der Waals surface area contributed by atoms with Crippen LogP contribution in [0.15, 0.2) is 60.9 Å². The fourth-order valence-electron chi connectivity index (χ4n) is 2.61. The molecule has 0 atom stereocenters. The van der Waals surface area contributed by atoms with E-state index in [-0.39, 0.29) is 5.91 Å². The average Bonchev–Trinajstić information content (AvgIpc) is 3.09. The van der Waals surface area contributed by atoms with E-state index < -0.39 is 0 Å². The van der Waals surface area contributed by atoms with Gasteiger partial charge in [-0.05, 0) is 36.8 Å². The number of nitrogens with one attached hydrogen (secondary N) is 1. The van der Waals surface area contributed by atoms with Gasteiger partial charge in [-0.1, -0.05) is 24.3 Å². The Kier molecular flexibility index (Phi) is 5.53. The van der Waals surface area contributed by atoms with Crippen LogP contribution in [0.4, 0.5) is 5.69 Å². The minimum atomic E-state index is -0.227. The maximum atomic E-state index is 12.5. The van der Waals surface area contributed by atoms with Crippen molar-refractivity contribution in [3.05, 3.63) is 72.1 Å². The molecule has 0 aliphatic heterocycles. The van der Waals surface area contributed by atoms with Gasteiger partial charge in [-0.3, -0.25) is 9.48 Å². The van der Waals surface area contributed by atoms with Gasteiger partial charge < -0.3 is 14.8 Å². The van der Waals surface area contributed by atoms with Crippen molar-refractivity contribution in [3.8, 4) is 11.5 Å². The molecule has 26 heavy (non-hydrogen) atoms. The highest BCUT2D eigenvalue weighted by Gasteiger charge is 2.13. The van der Waals surface area contributed by atoms with Gasteiger partial charge in [-0.2, -0.15) is 5.10 Å². The summed E-state index contributed by atoms with van der Waals surface area (Å²) in [5.41, 5.74) is 2.19. The maximum absolute atomic E-state index is 12.5. The second kappa shape index (κ2) is 8.20. The largest absolute Gasteiger partial charge is 0.497 e. The Bertz CT molecular complexity index is 889. The van der Waals surface area contributed by atoms with E-state index in [1.807, 2.05) is 43.3 Å². The number of hydrogen-bond donors (Lipinski definition) is 1. The summed E-state index contributed by atoms with van der Waals surface area (Å²) in [4.78, 5) is 12.5. The number of nitrogens with zero attached hydrogens (tertiary/aromatic N) is 2. The number of aromatic nitrogens is 2. The van der Waals surface area contributed by atoms with E-state index in [1.54, 1.807) is 36.3 Å². The highest BCUT2D eigenvalue weighted by molar-refractivity contribution is 6.06. The minimum absolute atomic E-state index is 0.227. The van der Waals surface area contributed by atoms with Crippen LogP contribution in [0.3, 0.4) is 0 Å². The van der Waals surface area contributed by atoms with Crippen molar-refractivity contribution in [1.82, 2.24) is 9.78 Å². The van der Waals surface area contributed by atoms with E-state index in [9.17, 15) is 4.79 Å². The van der Waals surface area contributed by atoms with Crippen LogP contribution in [-0.4, -0.2) is 29.4 Å². The number of para-hydroxylation sites is 1. The molecular weight excluding hydrogens is 330 g/mol. The van der Waals surface area contributed by atoms with Gasteiger partial charge in [0.1, 0.15) is 11.5 Å². The number of hydrogen-bond acceptors (Lipinski definition) is 4. The lowest BCUT2D eigenvalue weighted by Crippen LogP contribution is -2.13. The second-order valence-electron chi connectivity index (χ2n) is 5.66. The molecule has 1 heterocycles. The second-order valence-corrected chi connectivity index (χ2v) is 5.66. The summed E-state index contributed by atoms with van der Waals surface area (Å²) in [7, 11) is 1.64. The Labute approximate surface area is 152 Å². The van der Waals surface area contributed by atoms with Gasteiger partial charge in [0.05, 0.1) is 37.7 Å². The molecule has 0 bridgehead atoms. The molecule has 0 spiro atoms. The standard InChI is InChI=1S/C20H21N3O3/c1-3-26-19-10-5-4-9-18(19)20(24)22-16-12-21-23(14-16)13-15-7-6-8-17(11-15)25-2/h4-12,14H,3,13H2,1-2H3,(H,22,24). The first-order valence-electron chi connectivity index (χ1n) is 8.38. The van der Waals surface area contributed by atoms with E-state index in [4.69, 9.17) is 9.47 Å². The monoisotopic (exact) mass is 351 g/mol. The molecule has 6 heteroatoms. The zero-order chi connectivity index (χ0) is 18.4. The first-order chi connectivity index (χ1) is 12.7. The lowest BCUT2D eigenvalue weighted by molar-refractivity contribution is 0.102. The third-order valence-electron chi connectivity index (χ3n) is 3.80. The number of ether oxygens (including phenoxy) is 2. The van der Waals surface area contributed by atoms with Gasteiger partial charge in [0.15, 0.2) is 0 Å². The van der Waals surface area contributed by atoms with Crippen molar-refractivity contribution in [3.63, 3.8) is 0 Å². The molecule has 134 valence electrons. The molecule has 3 aromatic rings. The highest BCUT2D eigenvalue weighted by atomic mass is 16.5. The maximum Gasteiger partial charge on any atom is 0.259 e. The van der Waals surface area contributed by atoms with Crippen LogP contribution in [0.1, 0.15) is 22.8 Å². The molecular formula is C20H21N3O3. The van der Waals surface area contributed by atoms with Crippen LogP contribution in [0.25, 0.3) is 0 Å². The predicted octanol–water partition coefficient (Wildman–Crippen LogP) is 3.59. The number of carbonyl (C=O) groups is 1. The van der Waals surface area contributed by atoms with Crippen LogP contribution < -0.4 is 14.8 Å². The summed E-state index contributed by atoms with van der Waals surface area (Å²) in [5.74, 6) is 1.14. The normalized spacial score (nSPS) is 10.4. The zero-order valence-electron chi connectivity index (χ0n) is 14.8. The first kappa shape index (κ1) is 17.5. The molecule has 0 radical (unpaired) electrons. The number of rotatable bonds is 7. The summed E-state index contributed by atoms with van der Waals surface area (Å²) < 4.78 is 12.5. The van der Waals surface area contributed by atoms with Gasteiger partial charge in [-0.15, -0.1) is 0 Å². The average molecular weight is 351 g/mol. The topological polar surface area (TPSA) is 65.4 Å². The van der Waals surface area contributed by atoms with Gasteiger partial charge >= 0.3 is 0 Å². The van der Waals surface area contributed by atoms with Crippen molar-refractivity contribution < 1.29 is 14.3 Å². The van der Waals surface area contributed by atoms with Gasteiger partial charge in [-0.25, -0.2) is 0 Å². The van der Waals surface area contributed by atoms with Crippen molar-refractivity contribution in [2.45, 2.75) is 13.5 Å². The van der Waals surface area contributed by atoms with Crippen molar-refractivity contribution >= 4 is 11.6 Å². The van der Waals surface area contributed by atoms with E-state index >= 15 is 0 Å². The zero-order valence-corrected chi connectivity index (χ0v) is 14.8. The molecule has 0 saturated carbocycles. The Morgan fingerprint density at radius 2 is 2.04 bits per heavy atom. The highest BCUT2D eigenvalue weighted by Crippen LogP contribution is 2.20. The number of benzene rings is 2. The summed E-state index contributed by atoms with van der Waals surface area (Å²) in [6, 6.07) is 15.0. The van der Waals surface area contributed by atoms with Crippen LogP contribution in [0.2, 0.25) is 0 Å². The predicted molar refractivity (Wildman–Crippen MR) is 99.9 cm³/mol. The Hall–Kier alpha value is -3.28. The molecule has 3 rings (SSSR count). The number of amides is 1. The fourth-order valence-corrected chi connectivity index (χ4v) is 2.61. The Morgan fingerprint density at radius 3 is 2.85 bits per heavy atom. The lowest BCUT2D eigenvalue weighted by Gasteiger charge is -2.09. The molecule has 1 N–H and O–H groups in total. The molecule has 2 aromatic carbocycles. The van der Waals surface area contributed by atoms with Crippen LogP contribution in [0.5, 0.6) is 11.5 Å². The van der Waals surface area contributed by atoms with Crippen molar-refractivity contribution in [1.29, 1.82) is 0 Å². The van der Waals surface area contributed by atoms with E-state index in [0.29, 0.717) is 30.2 Å². The van der Waals surface area contributed by atoms with E-state index in [1.165, 1.54) is 0 Å². The molecule has 0 aliphatic rings. The van der Waals surface area contributed by atoms with E-state index in [0.717, 1.165) is 11.3 Å². The van der Waals surface area contributed by atoms with Crippen LogP contribution >= 0.6 is 0 Å². The molecule has 0 unspecified atom stereocenters. The minimum Gasteiger partial charge on any atom is -0.497 e. The van der Waals surface area contributed by atoms with Crippen molar-refractivity contribution in [2.24, 2.45) is 0 Å². The van der Waals surface area contributed by atoms with Gasteiger partial charge in [0.25, 0.3) is 5.91 Å². The van der Waals surface area contributed by atoms with E-state index in [2.05, 4.69) is 10.4 Å². The Balaban J connectivity index is 1.69. The summed E-state index contributed by atoms with van der Waals surface area (Å²) >= 11 is 0. The van der Waals surface area contributed by atoms with Crippen LogP contribution in [0, 0.1) is 0 Å². The fraction of sp³-hybridized carbons (Fsp3) is 0.200. The van der Waals surface area contributed by atoms with Gasteiger partial charge in [0, 0.05) is 6.20 Å². The lowest BCUT2D eigenvalue weighted by atomic mass is 10.2. The van der Waals surface area contributed by atoms with Gasteiger partial charge in [0.2, 0.25) is 0 Å². The summed E-state index contributed by atoms with van der Waals surface area (Å²) in [5, 5.41) is 7.16. The molecule has 0 aliphatic carbocycles. The van der Waals surface area contributed by atoms with Crippen molar-refractivity contribution in [2.75, 3.05) is 19.0 Å². The molecule has 6 nitrogen and oxygen atoms in total. The first-order valence-corrected chi connectivity index (χ1v) is 8.38. The summed E-state index contributed by atoms with van der Waals surface area (Å²) in [6.07, 6.45) is 3.42. The molecule has 0 fully saturated rings. The number of carbonyl (C=O) groups excluding carboxylic acids is 1. The quantitative estimate of drug-likeness (QED) is 0.706.